The molecule has 1 aliphatic heterocycles. The van der Waals surface area contributed by atoms with Crippen molar-refractivity contribution in [1.82, 2.24) is 15.0 Å². The van der Waals surface area contributed by atoms with E-state index in [1.807, 2.05) is 54.2 Å². The maximum absolute atomic E-state index is 14.1. The third-order valence-electron chi connectivity index (χ3n) is 5.12. The maximum Gasteiger partial charge on any atom is 0.245 e. The number of halogens is 1. The van der Waals surface area contributed by atoms with Gasteiger partial charge in [-0.3, -0.25) is 4.98 Å². The van der Waals surface area contributed by atoms with Gasteiger partial charge in [-0.05, 0) is 18.2 Å². The van der Waals surface area contributed by atoms with E-state index >= 15 is 0 Å². The minimum absolute atomic E-state index is 0.201. The zero-order valence-electron chi connectivity index (χ0n) is 19.3. The topological polar surface area (TPSA) is 100 Å². The Labute approximate surface area is 197 Å². The van der Waals surface area contributed by atoms with Gasteiger partial charge in [0, 0.05) is 50.7 Å². The zero-order valence-corrected chi connectivity index (χ0v) is 19.3. The van der Waals surface area contributed by atoms with Crippen molar-refractivity contribution in [3.63, 3.8) is 0 Å². The molecule has 2 N–H and O–H groups in total. The summed E-state index contributed by atoms with van der Waals surface area (Å²) in [7, 11) is 5.59. The first-order chi connectivity index (χ1) is 16.5. The van der Waals surface area contributed by atoms with Crippen LogP contribution >= 0.6 is 0 Å². The largest absolute Gasteiger partial charge is 0.497 e. The minimum Gasteiger partial charge on any atom is -0.497 e. The van der Waals surface area contributed by atoms with Crippen molar-refractivity contribution in [2.75, 3.05) is 68.1 Å². The van der Waals surface area contributed by atoms with Crippen molar-refractivity contribution in [2.24, 2.45) is 5.10 Å². The summed E-state index contributed by atoms with van der Waals surface area (Å²) in [5.74, 6) is 0.720. The molecule has 178 valence electrons. The Morgan fingerprint density at radius 2 is 1.94 bits per heavy atom. The Bertz CT molecular complexity index is 1130. The third-order valence-corrected chi connectivity index (χ3v) is 5.12. The number of rotatable bonds is 8. The number of ether oxygens (including phenoxy) is 2. The van der Waals surface area contributed by atoms with Crippen molar-refractivity contribution in [1.29, 1.82) is 0 Å². The lowest BCUT2D eigenvalue weighted by atomic mass is 10.2. The summed E-state index contributed by atoms with van der Waals surface area (Å²) in [4.78, 5) is 16.4. The molecule has 0 bridgehead atoms. The maximum atomic E-state index is 14.1. The van der Waals surface area contributed by atoms with Crippen LogP contribution in [0.1, 0.15) is 5.69 Å². The molecule has 0 amide bonds. The highest BCUT2D eigenvalue weighted by atomic mass is 19.1. The molecule has 11 heteroatoms. The number of hydrogen-bond donors (Lipinski definition) is 2. The molecular formula is C23H27FN8O2. The van der Waals surface area contributed by atoms with Gasteiger partial charge >= 0.3 is 0 Å². The van der Waals surface area contributed by atoms with E-state index in [0.717, 1.165) is 29.0 Å². The first kappa shape index (κ1) is 23.2. The molecule has 1 saturated heterocycles. The predicted octanol–water partition coefficient (Wildman–Crippen LogP) is 3.11. The fourth-order valence-electron chi connectivity index (χ4n) is 3.32. The number of anilines is 5. The Morgan fingerprint density at radius 3 is 2.65 bits per heavy atom. The Kier molecular flexibility index (Phi) is 7.33. The highest BCUT2D eigenvalue weighted by Crippen LogP contribution is 2.28. The van der Waals surface area contributed by atoms with E-state index in [1.54, 1.807) is 19.5 Å². The molecule has 0 unspecified atom stereocenters. The summed E-state index contributed by atoms with van der Waals surface area (Å²) >= 11 is 0. The molecule has 1 aliphatic rings. The molecule has 0 spiro atoms. The number of nitrogens with one attached hydrogen (secondary N) is 2. The SMILES string of the molecule is COc1cc(Nc2ccc(/C=N\Nc3ncc(F)c(N4CCOCC4)n3)nc2)cc(N(C)C)c1. The van der Waals surface area contributed by atoms with Crippen molar-refractivity contribution >= 4 is 35.0 Å². The number of hydrogen-bond acceptors (Lipinski definition) is 10. The molecule has 0 atom stereocenters. The van der Waals surface area contributed by atoms with Crippen LogP contribution < -0.4 is 25.3 Å². The predicted molar refractivity (Wildman–Crippen MR) is 131 cm³/mol. The van der Waals surface area contributed by atoms with Crippen LogP contribution in [0.2, 0.25) is 0 Å². The quantitative estimate of drug-likeness (QED) is 0.383. The second-order valence-electron chi connectivity index (χ2n) is 7.75. The Hall–Kier alpha value is -3.99. The van der Waals surface area contributed by atoms with Crippen molar-refractivity contribution in [3.8, 4) is 5.75 Å². The molecule has 3 aromatic rings. The monoisotopic (exact) mass is 466 g/mol. The number of nitrogens with zero attached hydrogens (tertiary/aromatic N) is 6. The average Bonchev–Trinajstić information content (AvgIpc) is 2.86. The number of pyridine rings is 1. The molecule has 4 rings (SSSR count). The van der Waals surface area contributed by atoms with E-state index in [4.69, 9.17) is 9.47 Å². The fraction of sp³-hybridized carbons (Fsp3) is 0.304. The van der Waals surface area contributed by atoms with Gasteiger partial charge in [-0.2, -0.15) is 10.1 Å². The second-order valence-corrected chi connectivity index (χ2v) is 7.75. The lowest BCUT2D eigenvalue weighted by Crippen LogP contribution is -2.37. The van der Waals surface area contributed by atoms with E-state index < -0.39 is 5.82 Å². The van der Waals surface area contributed by atoms with Crippen LogP contribution in [-0.2, 0) is 4.74 Å². The van der Waals surface area contributed by atoms with Gasteiger partial charge in [0.1, 0.15) is 5.75 Å². The zero-order chi connectivity index (χ0) is 23.9. The van der Waals surface area contributed by atoms with Gasteiger partial charge in [-0.25, -0.2) is 14.8 Å². The lowest BCUT2D eigenvalue weighted by Gasteiger charge is -2.27. The number of morpholine rings is 1. The van der Waals surface area contributed by atoms with Crippen molar-refractivity contribution in [2.45, 2.75) is 0 Å². The normalized spacial score (nSPS) is 13.7. The molecule has 2 aromatic heterocycles. The molecule has 3 heterocycles. The highest BCUT2D eigenvalue weighted by molar-refractivity contribution is 5.78. The summed E-state index contributed by atoms with van der Waals surface area (Å²) in [6, 6.07) is 9.62. The van der Waals surface area contributed by atoms with Gasteiger partial charge < -0.3 is 24.6 Å². The van der Waals surface area contributed by atoms with Gasteiger partial charge in [0.25, 0.3) is 0 Å². The molecular weight excluding hydrogens is 439 g/mol. The van der Waals surface area contributed by atoms with Crippen LogP contribution in [0, 0.1) is 5.82 Å². The summed E-state index contributed by atoms with van der Waals surface area (Å²) in [5, 5.41) is 7.45. The molecule has 10 nitrogen and oxygen atoms in total. The summed E-state index contributed by atoms with van der Waals surface area (Å²) in [6.07, 6.45) is 4.39. The smallest absolute Gasteiger partial charge is 0.245 e. The number of hydrazone groups is 1. The average molecular weight is 467 g/mol. The molecule has 34 heavy (non-hydrogen) atoms. The van der Waals surface area contributed by atoms with Crippen LogP contribution in [0.25, 0.3) is 0 Å². The number of aromatic nitrogens is 3. The lowest BCUT2D eigenvalue weighted by molar-refractivity contribution is 0.122. The molecule has 0 radical (unpaired) electrons. The van der Waals surface area contributed by atoms with E-state index in [0.29, 0.717) is 32.0 Å². The second kappa shape index (κ2) is 10.8. The van der Waals surface area contributed by atoms with Gasteiger partial charge in [0.2, 0.25) is 5.95 Å². The third kappa shape index (κ3) is 5.87. The fourth-order valence-corrected chi connectivity index (χ4v) is 3.32. The Morgan fingerprint density at radius 1 is 1.12 bits per heavy atom. The van der Waals surface area contributed by atoms with Gasteiger partial charge in [0.05, 0.1) is 50.3 Å². The van der Waals surface area contributed by atoms with E-state index in [-0.39, 0.29) is 11.8 Å². The highest BCUT2D eigenvalue weighted by Gasteiger charge is 2.17. The molecule has 1 aromatic carbocycles. The van der Waals surface area contributed by atoms with Gasteiger partial charge in [0.15, 0.2) is 11.6 Å². The van der Waals surface area contributed by atoms with E-state index in [9.17, 15) is 4.39 Å². The van der Waals surface area contributed by atoms with Crippen molar-refractivity contribution in [3.05, 3.63) is 54.2 Å². The first-order valence-electron chi connectivity index (χ1n) is 10.8. The molecule has 0 aliphatic carbocycles. The van der Waals surface area contributed by atoms with Crippen LogP contribution in [0.4, 0.5) is 33.2 Å². The van der Waals surface area contributed by atoms with Crippen LogP contribution in [0.3, 0.4) is 0 Å². The summed E-state index contributed by atoms with van der Waals surface area (Å²) in [5.41, 5.74) is 6.09. The van der Waals surface area contributed by atoms with Crippen LogP contribution in [-0.4, -0.2) is 68.7 Å². The van der Waals surface area contributed by atoms with Gasteiger partial charge in [-0.15, -0.1) is 0 Å². The summed E-state index contributed by atoms with van der Waals surface area (Å²) < 4.78 is 24.8. The first-order valence-corrected chi connectivity index (χ1v) is 10.8. The Balaban J connectivity index is 1.39. The summed E-state index contributed by atoms with van der Waals surface area (Å²) in [6.45, 7) is 2.23. The minimum atomic E-state index is -0.477. The number of methoxy groups -OCH3 is 1. The van der Waals surface area contributed by atoms with Crippen LogP contribution in [0.5, 0.6) is 5.75 Å². The standard InChI is InChI=1S/C23H27FN8O2/c1-31(2)19-10-18(11-20(12-19)33-3)28-17-5-4-16(25-13-17)14-27-30-23-26-15-21(24)22(29-23)32-6-8-34-9-7-32/h4-5,10-15,28H,6-9H2,1-3H3,(H,26,29,30)/b27-14-. The molecule has 0 saturated carbocycles. The van der Waals surface area contributed by atoms with E-state index in [1.165, 1.54) is 0 Å². The van der Waals surface area contributed by atoms with E-state index in [2.05, 4.69) is 30.8 Å². The van der Waals surface area contributed by atoms with Gasteiger partial charge in [-0.1, -0.05) is 0 Å². The number of benzene rings is 1. The van der Waals surface area contributed by atoms with Crippen molar-refractivity contribution < 1.29 is 13.9 Å². The molecule has 1 fully saturated rings. The van der Waals surface area contributed by atoms with Crippen LogP contribution in [0.15, 0.2) is 47.8 Å².